The zero-order valence-corrected chi connectivity index (χ0v) is 14.9. The van der Waals surface area contributed by atoms with E-state index in [1.807, 2.05) is 17.0 Å². The number of pyridine rings is 1. The van der Waals surface area contributed by atoms with Crippen molar-refractivity contribution in [1.29, 1.82) is 0 Å². The smallest absolute Gasteiger partial charge is 0.272 e. The summed E-state index contributed by atoms with van der Waals surface area (Å²) in [5.41, 5.74) is 1.28. The van der Waals surface area contributed by atoms with Crippen LogP contribution in [-0.4, -0.2) is 58.5 Å². The molecule has 5 rings (SSSR count). The third-order valence-corrected chi connectivity index (χ3v) is 5.17. The molecule has 0 unspecified atom stereocenters. The van der Waals surface area contributed by atoms with E-state index >= 15 is 0 Å². The first-order chi connectivity index (χ1) is 12.7. The number of nitrogens with zero attached hydrogens (tertiary/aromatic N) is 5. The Hall–Kier alpha value is -2.54. The van der Waals surface area contributed by atoms with E-state index < -0.39 is 0 Å². The third-order valence-electron chi connectivity index (χ3n) is 5.17. The van der Waals surface area contributed by atoms with E-state index in [4.69, 9.17) is 4.74 Å². The fraction of sp³-hybridized carbons (Fsp3) is 0.474. The minimum absolute atomic E-state index is 0.0126. The number of piperidine rings is 1. The van der Waals surface area contributed by atoms with Crippen LogP contribution < -0.4 is 4.90 Å². The first kappa shape index (κ1) is 16.9. The van der Waals surface area contributed by atoms with Gasteiger partial charge in [0.15, 0.2) is 0 Å². The summed E-state index contributed by atoms with van der Waals surface area (Å²) in [6.45, 7) is 2.89. The number of rotatable bonds is 4. The molecule has 136 valence electrons. The Morgan fingerprint density at radius 1 is 1.23 bits per heavy atom. The predicted octanol–water partition coefficient (Wildman–Crippen LogP) is 1.76. The Kier molecular flexibility index (Phi) is 4.79. The second-order valence-electron chi connectivity index (χ2n) is 6.97. The van der Waals surface area contributed by atoms with Crippen molar-refractivity contribution in [2.75, 3.05) is 31.6 Å². The lowest BCUT2D eigenvalue weighted by Crippen LogP contribution is -2.47. The number of amides is 1. The van der Waals surface area contributed by atoms with Crippen LogP contribution in [0, 0.1) is 5.92 Å². The summed E-state index contributed by atoms with van der Waals surface area (Å²) in [5, 5.41) is 0. The molecule has 3 aliphatic rings. The molecule has 2 atom stereocenters. The summed E-state index contributed by atoms with van der Waals surface area (Å²) in [5.74, 6) is 1.35. The number of hydrogen-bond donors (Lipinski definition) is 0. The van der Waals surface area contributed by atoms with Gasteiger partial charge in [-0.2, -0.15) is 0 Å². The molecule has 1 amide bonds. The van der Waals surface area contributed by atoms with Crippen LogP contribution in [0.25, 0.3) is 0 Å². The van der Waals surface area contributed by atoms with Gasteiger partial charge in [0.1, 0.15) is 11.5 Å². The van der Waals surface area contributed by atoms with Crippen LogP contribution >= 0.6 is 0 Å². The number of carbonyl (C=O) groups excluding carboxylic acids is 1. The molecule has 26 heavy (non-hydrogen) atoms. The Bertz CT molecular complexity index is 770. The standard InChI is InChI=1S/C19H23N5O2/c1-26-13-15-3-2-4-17(22-15)19(25)24-11-14-5-6-16(24)12-23(10-14)18-9-20-7-8-21-18/h2-4,7-9,14,16H,5-6,10-13H2,1H3/t14-,16+/m0/s1. The second-order valence-corrected chi connectivity index (χ2v) is 6.97. The predicted molar refractivity (Wildman–Crippen MR) is 96.7 cm³/mol. The number of aromatic nitrogens is 3. The number of methoxy groups -OCH3 is 1. The number of fused-ring (bicyclic) bond motifs is 4. The molecule has 0 N–H and O–H groups in total. The molecule has 3 aliphatic heterocycles. The molecule has 3 saturated heterocycles. The monoisotopic (exact) mass is 353 g/mol. The highest BCUT2D eigenvalue weighted by atomic mass is 16.5. The van der Waals surface area contributed by atoms with Crippen molar-refractivity contribution in [3.63, 3.8) is 0 Å². The first-order valence-electron chi connectivity index (χ1n) is 9.01. The number of ether oxygens (including phenoxy) is 1. The number of anilines is 1. The van der Waals surface area contributed by atoms with Gasteiger partial charge in [0.25, 0.3) is 5.91 Å². The zero-order valence-electron chi connectivity index (χ0n) is 14.9. The van der Waals surface area contributed by atoms with Crippen molar-refractivity contribution in [3.8, 4) is 0 Å². The summed E-state index contributed by atoms with van der Waals surface area (Å²) < 4.78 is 5.13. The average Bonchev–Trinajstić information content (AvgIpc) is 3.01. The Labute approximate surface area is 153 Å². The lowest BCUT2D eigenvalue weighted by Gasteiger charge is -2.35. The van der Waals surface area contributed by atoms with E-state index in [0.717, 1.165) is 44.0 Å². The number of hydrogen-bond acceptors (Lipinski definition) is 6. The normalized spacial score (nSPS) is 22.3. The molecular formula is C19H23N5O2. The van der Waals surface area contributed by atoms with Crippen LogP contribution in [-0.2, 0) is 11.3 Å². The molecule has 2 aromatic heterocycles. The molecular weight excluding hydrogens is 330 g/mol. The van der Waals surface area contributed by atoms with Gasteiger partial charge >= 0.3 is 0 Å². The van der Waals surface area contributed by atoms with Crippen LogP contribution in [0.2, 0.25) is 0 Å². The summed E-state index contributed by atoms with van der Waals surface area (Å²) in [6, 6.07) is 5.72. The van der Waals surface area contributed by atoms with Gasteiger partial charge in [0.05, 0.1) is 18.5 Å². The highest BCUT2D eigenvalue weighted by Crippen LogP contribution is 2.30. The summed E-state index contributed by atoms with van der Waals surface area (Å²) in [7, 11) is 1.63. The maximum atomic E-state index is 13.1. The molecule has 2 aromatic rings. The molecule has 5 heterocycles. The van der Waals surface area contributed by atoms with Gasteiger partial charge in [0, 0.05) is 45.2 Å². The van der Waals surface area contributed by atoms with E-state index in [1.165, 1.54) is 0 Å². The van der Waals surface area contributed by atoms with E-state index in [2.05, 4.69) is 19.9 Å². The quantitative estimate of drug-likeness (QED) is 0.834. The molecule has 0 aliphatic carbocycles. The van der Waals surface area contributed by atoms with E-state index in [0.29, 0.717) is 18.2 Å². The van der Waals surface area contributed by atoms with Gasteiger partial charge in [-0.1, -0.05) is 6.07 Å². The van der Waals surface area contributed by atoms with Crippen molar-refractivity contribution in [2.24, 2.45) is 5.92 Å². The molecule has 7 nitrogen and oxygen atoms in total. The molecule has 2 bridgehead atoms. The Balaban J connectivity index is 1.55. The maximum absolute atomic E-state index is 13.1. The summed E-state index contributed by atoms with van der Waals surface area (Å²) in [4.78, 5) is 30.5. The van der Waals surface area contributed by atoms with Crippen LogP contribution in [0.5, 0.6) is 0 Å². The minimum Gasteiger partial charge on any atom is -0.378 e. The van der Waals surface area contributed by atoms with E-state index in [-0.39, 0.29) is 11.9 Å². The topological polar surface area (TPSA) is 71.5 Å². The maximum Gasteiger partial charge on any atom is 0.272 e. The van der Waals surface area contributed by atoms with Crippen molar-refractivity contribution in [3.05, 3.63) is 48.2 Å². The minimum atomic E-state index is 0.0126. The summed E-state index contributed by atoms with van der Waals surface area (Å²) >= 11 is 0. The molecule has 0 spiro atoms. The zero-order chi connectivity index (χ0) is 17.9. The summed E-state index contributed by atoms with van der Waals surface area (Å²) in [6.07, 6.45) is 7.36. The van der Waals surface area contributed by atoms with Gasteiger partial charge in [-0.25, -0.2) is 9.97 Å². The van der Waals surface area contributed by atoms with Crippen LogP contribution in [0.3, 0.4) is 0 Å². The van der Waals surface area contributed by atoms with Crippen LogP contribution in [0.1, 0.15) is 29.0 Å². The van der Waals surface area contributed by atoms with Crippen molar-refractivity contribution in [1.82, 2.24) is 19.9 Å². The van der Waals surface area contributed by atoms with Gasteiger partial charge in [-0.3, -0.25) is 9.78 Å². The van der Waals surface area contributed by atoms with Gasteiger partial charge in [0.2, 0.25) is 0 Å². The van der Waals surface area contributed by atoms with Gasteiger partial charge < -0.3 is 14.5 Å². The lowest BCUT2D eigenvalue weighted by molar-refractivity contribution is 0.0585. The highest BCUT2D eigenvalue weighted by molar-refractivity contribution is 5.92. The molecule has 0 saturated carbocycles. The lowest BCUT2D eigenvalue weighted by atomic mass is 9.94. The average molecular weight is 353 g/mol. The number of carbonyl (C=O) groups is 1. The Morgan fingerprint density at radius 3 is 2.96 bits per heavy atom. The van der Waals surface area contributed by atoms with E-state index in [9.17, 15) is 4.79 Å². The van der Waals surface area contributed by atoms with Crippen molar-refractivity contribution >= 4 is 11.7 Å². The van der Waals surface area contributed by atoms with E-state index in [1.54, 1.807) is 31.8 Å². The molecule has 3 fully saturated rings. The van der Waals surface area contributed by atoms with Crippen molar-refractivity contribution < 1.29 is 9.53 Å². The van der Waals surface area contributed by atoms with Crippen LogP contribution in [0.4, 0.5) is 5.82 Å². The largest absolute Gasteiger partial charge is 0.378 e. The van der Waals surface area contributed by atoms with Gasteiger partial charge in [-0.05, 0) is 30.9 Å². The fourth-order valence-electron chi connectivity index (χ4n) is 3.95. The molecule has 0 aromatic carbocycles. The highest BCUT2D eigenvalue weighted by Gasteiger charge is 2.38. The van der Waals surface area contributed by atoms with Gasteiger partial charge in [-0.15, -0.1) is 0 Å². The molecule has 7 heteroatoms. The van der Waals surface area contributed by atoms with Crippen LogP contribution in [0.15, 0.2) is 36.8 Å². The third kappa shape index (κ3) is 3.39. The second kappa shape index (κ2) is 7.37. The Morgan fingerprint density at radius 2 is 2.15 bits per heavy atom. The fourth-order valence-corrected chi connectivity index (χ4v) is 3.95. The molecule has 0 radical (unpaired) electrons. The first-order valence-corrected chi connectivity index (χ1v) is 9.01. The van der Waals surface area contributed by atoms with Crippen molar-refractivity contribution in [2.45, 2.75) is 25.5 Å². The SMILES string of the molecule is COCc1cccc(C(=O)N2C[C@H]3CC[C@@H]2CN(c2cnccn2)C3)n1.